The Morgan fingerprint density at radius 2 is 1.54 bits per heavy atom. The lowest BCUT2D eigenvalue weighted by Crippen LogP contribution is -2.54. The maximum atomic E-state index is 13.1. The lowest BCUT2D eigenvalue weighted by Gasteiger charge is -2.36. The molecule has 148 valence electrons. The molecule has 26 heavy (non-hydrogen) atoms. The first-order valence-electron chi connectivity index (χ1n) is 9.17. The van der Waals surface area contributed by atoms with Crippen LogP contribution in [0.15, 0.2) is 30.3 Å². The Morgan fingerprint density at radius 1 is 1.04 bits per heavy atom. The molecule has 0 amide bonds. The highest BCUT2D eigenvalue weighted by molar-refractivity contribution is 7.80. The van der Waals surface area contributed by atoms with Crippen molar-refractivity contribution in [3.05, 3.63) is 35.9 Å². The Balaban J connectivity index is 3.13. The van der Waals surface area contributed by atoms with Crippen LogP contribution in [-0.4, -0.2) is 40.3 Å². The summed E-state index contributed by atoms with van der Waals surface area (Å²) in [6, 6.07) is 9.67. The molecule has 0 aliphatic carbocycles. The van der Waals surface area contributed by atoms with Crippen LogP contribution in [0.2, 0.25) is 5.54 Å². The minimum absolute atomic E-state index is 0.366. The second-order valence-electron chi connectivity index (χ2n) is 6.26. The molecule has 0 bridgehead atoms. The normalized spacial score (nSPS) is 13.5. The Kier molecular flexibility index (Phi) is 9.88. The molecule has 0 aromatic heterocycles. The lowest BCUT2D eigenvalue weighted by molar-refractivity contribution is -0.159. The molecule has 0 heterocycles. The zero-order valence-corrected chi connectivity index (χ0v) is 18.4. The number of thiol groups is 1. The molecule has 1 aromatic carbocycles. The van der Waals surface area contributed by atoms with E-state index in [0.29, 0.717) is 32.0 Å². The van der Waals surface area contributed by atoms with Crippen LogP contribution in [0, 0.1) is 0 Å². The van der Waals surface area contributed by atoms with Gasteiger partial charge >= 0.3 is 14.8 Å². The number of esters is 1. The summed E-state index contributed by atoms with van der Waals surface area (Å²) in [6.45, 7) is 10.6. The van der Waals surface area contributed by atoms with Crippen molar-refractivity contribution in [2.45, 2.75) is 52.2 Å². The number of ether oxygens (including phenoxy) is 1. The smallest absolute Gasteiger partial charge is 0.455 e. The van der Waals surface area contributed by atoms with Crippen LogP contribution in [0.3, 0.4) is 0 Å². The highest BCUT2D eigenvalue weighted by atomic mass is 32.1. The van der Waals surface area contributed by atoms with E-state index in [1.165, 1.54) is 0 Å². The van der Waals surface area contributed by atoms with E-state index < -0.39 is 19.9 Å². The first-order valence-corrected chi connectivity index (χ1v) is 11.6. The molecule has 1 rings (SSSR count). The zero-order valence-electron chi connectivity index (χ0n) is 16.5. The van der Waals surface area contributed by atoms with Crippen LogP contribution in [0.5, 0.6) is 0 Å². The Bertz CT molecular complexity index is 521. The highest BCUT2D eigenvalue weighted by Gasteiger charge is 2.54. The summed E-state index contributed by atoms with van der Waals surface area (Å²) in [5.74, 6) is 0.142. The summed E-state index contributed by atoms with van der Waals surface area (Å²) >= 11 is 4.32. The summed E-state index contributed by atoms with van der Waals surface area (Å²) in [7, 11) is -3.23. The third-order valence-electron chi connectivity index (χ3n) is 3.99. The van der Waals surface area contributed by atoms with Crippen molar-refractivity contribution in [2.24, 2.45) is 0 Å². The SMILES string of the molecule is CCO[Si](OCC)(OCC)C(CCS)C(=O)OC(C)(C)c1ccccc1. The van der Waals surface area contributed by atoms with Crippen molar-refractivity contribution in [1.29, 1.82) is 0 Å². The maximum Gasteiger partial charge on any atom is 0.515 e. The van der Waals surface area contributed by atoms with E-state index in [4.69, 9.17) is 18.0 Å². The van der Waals surface area contributed by atoms with Crippen molar-refractivity contribution in [3.8, 4) is 0 Å². The largest absolute Gasteiger partial charge is 0.515 e. The van der Waals surface area contributed by atoms with Gasteiger partial charge in [-0.25, -0.2) is 0 Å². The Hall–Kier alpha value is -0.863. The Labute approximate surface area is 164 Å². The van der Waals surface area contributed by atoms with E-state index >= 15 is 0 Å². The predicted octanol–water partition coefficient (Wildman–Crippen LogP) is 4.20. The number of carbonyl (C=O) groups is 1. The third kappa shape index (κ3) is 6.09. The van der Waals surface area contributed by atoms with E-state index in [2.05, 4.69) is 12.6 Å². The number of rotatable bonds is 12. The summed E-state index contributed by atoms with van der Waals surface area (Å²) < 4.78 is 23.7. The van der Waals surface area contributed by atoms with Gasteiger partial charge in [0.1, 0.15) is 11.1 Å². The standard InChI is InChI=1S/C19H32O5SSi/c1-6-21-26(22-7-2,23-8-3)17(14-15-25)18(20)24-19(4,5)16-12-10-9-11-13-16/h9-13,17,25H,6-8,14-15H2,1-5H3. The maximum absolute atomic E-state index is 13.1. The summed E-state index contributed by atoms with van der Waals surface area (Å²) in [5, 5.41) is 0. The van der Waals surface area contributed by atoms with Gasteiger partial charge in [0, 0.05) is 19.8 Å². The van der Waals surface area contributed by atoms with Crippen LogP contribution in [0.1, 0.15) is 46.6 Å². The molecule has 0 saturated carbocycles. The number of carbonyl (C=O) groups excluding carboxylic acids is 1. The van der Waals surface area contributed by atoms with Crippen LogP contribution in [-0.2, 0) is 28.4 Å². The van der Waals surface area contributed by atoms with E-state index in [1.807, 2.05) is 65.0 Å². The van der Waals surface area contributed by atoms with Crippen molar-refractivity contribution in [1.82, 2.24) is 0 Å². The van der Waals surface area contributed by atoms with Crippen LogP contribution < -0.4 is 0 Å². The van der Waals surface area contributed by atoms with E-state index in [9.17, 15) is 4.79 Å². The second kappa shape index (κ2) is 11.1. The molecule has 0 N–H and O–H groups in total. The van der Waals surface area contributed by atoms with E-state index in [-0.39, 0.29) is 5.97 Å². The molecule has 0 aliphatic rings. The second-order valence-corrected chi connectivity index (χ2v) is 9.48. The first-order chi connectivity index (χ1) is 12.4. The van der Waals surface area contributed by atoms with Gasteiger partial charge in [-0.1, -0.05) is 30.3 Å². The van der Waals surface area contributed by atoms with Crippen LogP contribution in [0.4, 0.5) is 0 Å². The van der Waals surface area contributed by atoms with Gasteiger partial charge in [-0.15, -0.1) is 0 Å². The van der Waals surface area contributed by atoms with Crippen LogP contribution in [0.25, 0.3) is 0 Å². The third-order valence-corrected chi connectivity index (χ3v) is 7.70. The van der Waals surface area contributed by atoms with Gasteiger partial charge in [0.25, 0.3) is 0 Å². The molecular formula is C19H32O5SSi. The van der Waals surface area contributed by atoms with Gasteiger partial charge in [-0.3, -0.25) is 4.79 Å². The quantitative estimate of drug-likeness (QED) is 0.324. The summed E-state index contributed by atoms with van der Waals surface area (Å²) in [6.07, 6.45) is 0.471. The van der Waals surface area contributed by atoms with Gasteiger partial charge < -0.3 is 18.0 Å². The topological polar surface area (TPSA) is 54.0 Å². The fourth-order valence-electron chi connectivity index (χ4n) is 2.82. The van der Waals surface area contributed by atoms with Gasteiger partial charge in [-0.05, 0) is 52.4 Å². The molecular weight excluding hydrogens is 368 g/mol. The van der Waals surface area contributed by atoms with Crippen LogP contribution >= 0.6 is 12.6 Å². The average molecular weight is 401 g/mol. The van der Waals surface area contributed by atoms with E-state index in [0.717, 1.165) is 5.56 Å². The molecule has 1 atom stereocenters. The van der Waals surface area contributed by atoms with Gasteiger partial charge in [-0.2, -0.15) is 12.6 Å². The summed E-state index contributed by atoms with van der Waals surface area (Å²) in [5.41, 5.74) is -0.449. The van der Waals surface area contributed by atoms with E-state index in [1.54, 1.807) is 0 Å². The van der Waals surface area contributed by atoms with Crippen molar-refractivity contribution >= 4 is 27.4 Å². The highest BCUT2D eigenvalue weighted by Crippen LogP contribution is 2.34. The molecule has 0 fully saturated rings. The fourth-order valence-corrected chi connectivity index (χ4v) is 6.23. The monoisotopic (exact) mass is 400 g/mol. The molecule has 0 spiro atoms. The summed E-state index contributed by atoms with van der Waals surface area (Å²) in [4.78, 5) is 13.1. The van der Waals surface area contributed by atoms with Gasteiger partial charge in [0.05, 0.1) is 0 Å². The number of hydrogen-bond donors (Lipinski definition) is 1. The van der Waals surface area contributed by atoms with Crippen molar-refractivity contribution in [2.75, 3.05) is 25.6 Å². The minimum atomic E-state index is -3.23. The average Bonchev–Trinajstić information content (AvgIpc) is 2.60. The fraction of sp³-hybridized carbons (Fsp3) is 0.632. The molecule has 0 saturated heterocycles. The number of benzene rings is 1. The molecule has 1 unspecified atom stereocenters. The Morgan fingerprint density at radius 3 is 1.96 bits per heavy atom. The molecule has 5 nitrogen and oxygen atoms in total. The molecule has 0 radical (unpaired) electrons. The lowest BCUT2D eigenvalue weighted by atomic mass is 9.98. The predicted molar refractivity (Wildman–Crippen MR) is 108 cm³/mol. The minimum Gasteiger partial charge on any atom is -0.455 e. The molecule has 0 aliphatic heterocycles. The zero-order chi connectivity index (χ0) is 19.6. The van der Waals surface area contributed by atoms with Gasteiger partial charge in [0.15, 0.2) is 0 Å². The molecule has 1 aromatic rings. The molecule has 7 heteroatoms. The number of hydrogen-bond acceptors (Lipinski definition) is 6. The van der Waals surface area contributed by atoms with Crippen molar-refractivity contribution in [3.63, 3.8) is 0 Å². The first kappa shape index (κ1) is 23.2. The van der Waals surface area contributed by atoms with Gasteiger partial charge in [0.2, 0.25) is 0 Å². The van der Waals surface area contributed by atoms with Crippen molar-refractivity contribution < 1.29 is 22.8 Å².